The van der Waals surface area contributed by atoms with Crippen molar-refractivity contribution >= 4 is 5.69 Å². The monoisotopic (exact) mass is 271 g/mol. The molecular weight excluding hydrogens is 253 g/mol. The van der Waals surface area contributed by atoms with Crippen LogP contribution < -0.4 is 5.32 Å². The first-order valence-corrected chi connectivity index (χ1v) is 6.88. The molecule has 2 N–H and O–H groups in total. The average Bonchev–Trinajstić information content (AvgIpc) is 2.80. The number of rotatable bonds is 3. The third-order valence-corrected chi connectivity index (χ3v) is 4.12. The molecule has 0 heterocycles. The zero-order valence-corrected chi connectivity index (χ0v) is 11.5. The minimum atomic E-state index is -0.580. The van der Waals surface area contributed by atoms with E-state index in [1.165, 1.54) is 11.6 Å². The number of hydrogen-bond acceptors (Lipinski definition) is 2. The minimum Gasteiger partial charge on any atom is -0.394 e. The summed E-state index contributed by atoms with van der Waals surface area (Å²) >= 11 is 0. The van der Waals surface area contributed by atoms with Gasteiger partial charge < -0.3 is 10.4 Å². The summed E-state index contributed by atoms with van der Waals surface area (Å²) < 4.78 is 13.9. The quantitative estimate of drug-likeness (QED) is 0.897. The van der Waals surface area contributed by atoms with Crippen molar-refractivity contribution in [3.05, 3.63) is 65.0 Å². The molecule has 0 fully saturated rings. The molecule has 1 aliphatic carbocycles. The van der Waals surface area contributed by atoms with Crippen molar-refractivity contribution in [1.29, 1.82) is 0 Å². The molecule has 0 amide bonds. The fraction of sp³-hybridized carbons (Fsp3) is 0.294. The van der Waals surface area contributed by atoms with Crippen LogP contribution in [-0.2, 0) is 12.0 Å². The Morgan fingerprint density at radius 3 is 2.80 bits per heavy atom. The number of halogens is 1. The van der Waals surface area contributed by atoms with Crippen molar-refractivity contribution in [3.8, 4) is 0 Å². The van der Waals surface area contributed by atoms with Gasteiger partial charge in [-0.25, -0.2) is 4.39 Å². The summed E-state index contributed by atoms with van der Waals surface area (Å²) in [6.07, 6.45) is 1.67. The van der Waals surface area contributed by atoms with Crippen molar-refractivity contribution in [1.82, 2.24) is 0 Å². The van der Waals surface area contributed by atoms with Gasteiger partial charge >= 0.3 is 0 Å². The Labute approximate surface area is 118 Å². The fourth-order valence-electron chi connectivity index (χ4n) is 2.99. The lowest BCUT2D eigenvalue weighted by Gasteiger charge is -2.31. The molecule has 0 spiro atoms. The molecule has 1 aliphatic rings. The van der Waals surface area contributed by atoms with Crippen LogP contribution in [0.3, 0.4) is 0 Å². The maximum absolute atomic E-state index is 13.9. The second kappa shape index (κ2) is 4.91. The lowest BCUT2D eigenvalue weighted by atomic mass is 9.91. The van der Waals surface area contributed by atoms with Gasteiger partial charge in [0.05, 0.1) is 17.8 Å². The van der Waals surface area contributed by atoms with Crippen LogP contribution in [0.4, 0.5) is 10.1 Å². The van der Waals surface area contributed by atoms with E-state index >= 15 is 0 Å². The predicted octanol–water partition coefficient (Wildman–Crippen LogP) is 3.38. The third-order valence-electron chi connectivity index (χ3n) is 4.12. The molecule has 2 nitrogen and oxygen atoms in total. The SMILES string of the molecule is Cc1ccc2c(c1)C(CO)(Nc1ccccc1F)CC2. The van der Waals surface area contributed by atoms with Crippen LogP contribution in [0.1, 0.15) is 23.1 Å². The molecule has 2 aromatic rings. The Morgan fingerprint density at radius 2 is 2.05 bits per heavy atom. The van der Waals surface area contributed by atoms with Gasteiger partial charge in [-0.15, -0.1) is 0 Å². The normalized spacial score (nSPS) is 20.8. The Hall–Kier alpha value is -1.87. The molecule has 3 heteroatoms. The van der Waals surface area contributed by atoms with Gasteiger partial charge in [-0.2, -0.15) is 0 Å². The molecule has 2 aromatic carbocycles. The van der Waals surface area contributed by atoms with Crippen molar-refractivity contribution in [2.75, 3.05) is 11.9 Å². The number of aliphatic hydroxyl groups is 1. The maximum Gasteiger partial charge on any atom is 0.146 e. The highest BCUT2D eigenvalue weighted by Crippen LogP contribution is 2.40. The summed E-state index contributed by atoms with van der Waals surface area (Å²) in [6.45, 7) is 1.99. The first kappa shape index (κ1) is 13.1. The van der Waals surface area contributed by atoms with Gasteiger partial charge in [0, 0.05) is 0 Å². The third kappa shape index (κ3) is 2.08. The zero-order chi connectivity index (χ0) is 14.2. The number of fused-ring (bicyclic) bond motifs is 1. The first-order chi connectivity index (χ1) is 9.64. The van der Waals surface area contributed by atoms with E-state index in [4.69, 9.17) is 0 Å². The predicted molar refractivity (Wildman–Crippen MR) is 78.3 cm³/mol. The van der Waals surface area contributed by atoms with Gasteiger partial charge in [-0.3, -0.25) is 0 Å². The van der Waals surface area contributed by atoms with Crippen molar-refractivity contribution in [3.63, 3.8) is 0 Å². The molecular formula is C17H18FNO. The van der Waals surface area contributed by atoms with E-state index in [1.807, 2.05) is 6.92 Å². The molecule has 0 radical (unpaired) electrons. The van der Waals surface area contributed by atoms with Crippen LogP contribution in [0.5, 0.6) is 0 Å². The first-order valence-electron chi connectivity index (χ1n) is 6.88. The number of para-hydroxylation sites is 1. The Bertz CT molecular complexity index is 641. The van der Waals surface area contributed by atoms with Crippen LogP contribution in [0.25, 0.3) is 0 Å². The summed E-state index contributed by atoms with van der Waals surface area (Å²) in [5.74, 6) is -0.290. The van der Waals surface area contributed by atoms with Crippen LogP contribution >= 0.6 is 0 Å². The molecule has 0 aromatic heterocycles. The van der Waals surface area contributed by atoms with Gasteiger partial charge in [-0.1, -0.05) is 35.9 Å². The maximum atomic E-state index is 13.9. The van der Waals surface area contributed by atoms with Crippen molar-refractivity contribution < 1.29 is 9.50 Å². The Kier molecular flexibility index (Phi) is 3.22. The number of anilines is 1. The Balaban J connectivity index is 2.03. The van der Waals surface area contributed by atoms with Crippen LogP contribution in [0.2, 0.25) is 0 Å². The van der Waals surface area contributed by atoms with E-state index in [1.54, 1.807) is 18.2 Å². The number of benzene rings is 2. The highest BCUT2D eigenvalue weighted by atomic mass is 19.1. The number of hydrogen-bond donors (Lipinski definition) is 2. The largest absolute Gasteiger partial charge is 0.394 e. The molecule has 3 rings (SSSR count). The summed E-state index contributed by atoms with van der Waals surface area (Å²) in [5, 5.41) is 13.2. The fourth-order valence-corrected chi connectivity index (χ4v) is 2.99. The number of nitrogens with one attached hydrogen (secondary N) is 1. The van der Waals surface area contributed by atoms with E-state index in [0.29, 0.717) is 5.69 Å². The van der Waals surface area contributed by atoms with Crippen molar-refractivity contribution in [2.45, 2.75) is 25.3 Å². The molecule has 1 unspecified atom stereocenters. The van der Waals surface area contributed by atoms with Crippen LogP contribution in [0.15, 0.2) is 42.5 Å². The summed E-state index contributed by atoms with van der Waals surface area (Å²) in [7, 11) is 0. The van der Waals surface area contributed by atoms with Gasteiger partial charge in [0.15, 0.2) is 0 Å². The lowest BCUT2D eigenvalue weighted by molar-refractivity contribution is 0.211. The Morgan fingerprint density at radius 1 is 1.25 bits per heavy atom. The lowest BCUT2D eigenvalue weighted by Crippen LogP contribution is -2.37. The second-order valence-corrected chi connectivity index (χ2v) is 5.51. The number of aliphatic hydroxyl groups excluding tert-OH is 1. The van der Waals surface area contributed by atoms with Gasteiger partial charge in [0.25, 0.3) is 0 Å². The molecule has 1 atom stereocenters. The van der Waals surface area contributed by atoms with E-state index < -0.39 is 5.54 Å². The minimum absolute atomic E-state index is 0.0439. The molecule has 0 aliphatic heterocycles. The second-order valence-electron chi connectivity index (χ2n) is 5.51. The summed E-state index contributed by atoms with van der Waals surface area (Å²) in [5.41, 5.74) is 3.33. The molecule has 0 bridgehead atoms. The summed E-state index contributed by atoms with van der Waals surface area (Å²) in [4.78, 5) is 0. The van der Waals surface area contributed by atoms with Crippen LogP contribution in [-0.4, -0.2) is 11.7 Å². The molecule has 0 saturated heterocycles. The van der Waals surface area contributed by atoms with E-state index in [0.717, 1.165) is 24.0 Å². The topological polar surface area (TPSA) is 32.3 Å². The van der Waals surface area contributed by atoms with Crippen LogP contribution in [0, 0.1) is 12.7 Å². The smallest absolute Gasteiger partial charge is 0.146 e. The van der Waals surface area contributed by atoms with E-state index in [9.17, 15) is 9.50 Å². The average molecular weight is 271 g/mol. The van der Waals surface area contributed by atoms with Gasteiger partial charge in [-0.05, 0) is 43.0 Å². The molecule has 104 valence electrons. The zero-order valence-electron chi connectivity index (χ0n) is 11.5. The van der Waals surface area contributed by atoms with Crippen molar-refractivity contribution in [2.24, 2.45) is 0 Å². The highest BCUT2D eigenvalue weighted by Gasteiger charge is 2.38. The highest BCUT2D eigenvalue weighted by molar-refractivity contribution is 5.53. The van der Waals surface area contributed by atoms with Gasteiger partial charge in [0.1, 0.15) is 5.82 Å². The number of aryl methyl sites for hydroxylation is 2. The van der Waals surface area contributed by atoms with E-state index in [2.05, 4.69) is 23.5 Å². The standard InChI is InChI=1S/C17H18FNO/c1-12-6-7-13-8-9-17(11-20,14(13)10-12)19-16-5-3-2-4-15(16)18/h2-7,10,19-20H,8-9,11H2,1H3. The summed E-state index contributed by atoms with van der Waals surface area (Å²) in [6, 6.07) is 12.9. The molecule has 0 saturated carbocycles. The van der Waals surface area contributed by atoms with Gasteiger partial charge in [0.2, 0.25) is 0 Å². The molecule has 20 heavy (non-hydrogen) atoms. The van der Waals surface area contributed by atoms with E-state index in [-0.39, 0.29) is 12.4 Å².